The first-order valence-corrected chi connectivity index (χ1v) is 11.1. The maximum absolute atomic E-state index is 13.6. The van der Waals surface area contributed by atoms with Gasteiger partial charge in [-0.05, 0) is 42.2 Å². The zero-order chi connectivity index (χ0) is 24.1. The minimum Gasteiger partial charge on any atom is -0.380 e. The van der Waals surface area contributed by atoms with E-state index in [1.54, 1.807) is 18.3 Å². The zero-order valence-electron chi connectivity index (χ0n) is 19.0. The lowest BCUT2D eigenvalue weighted by molar-refractivity contribution is -0.182. The van der Waals surface area contributed by atoms with Crippen molar-refractivity contribution in [1.29, 1.82) is 0 Å². The van der Waals surface area contributed by atoms with Crippen molar-refractivity contribution in [1.82, 2.24) is 14.8 Å². The number of halogens is 3. The van der Waals surface area contributed by atoms with E-state index in [2.05, 4.69) is 10.2 Å². The van der Waals surface area contributed by atoms with E-state index < -0.39 is 11.7 Å². The Balaban J connectivity index is 1.49. The molecule has 0 amide bonds. The summed E-state index contributed by atoms with van der Waals surface area (Å²) in [5.74, 6) is 0.871. The summed E-state index contributed by atoms with van der Waals surface area (Å²) >= 11 is 0. The number of anilines is 1. The van der Waals surface area contributed by atoms with Crippen LogP contribution in [0.2, 0.25) is 0 Å². The smallest absolute Gasteiger partial charge is 0.380 e. The average Bonchev–Trinajstić information content (AvgIpc) is 3.18. The number of nitrogens with zero attached hydrogens (tertiary/aromatic N) is 4. The molecule has 0 unspecified atom stereocenters. The van der Waals surface area contributed by atoms with Crippen molar-refractivity contribution in [3.05, 3.63) is 76.9 Å². The van der Waals surface area contributed by atoms with E-state index in [0.29, 0.717) is 6.29 Å². The third-order valence-electron chi connectivity index (χ3n) is 7.19. The predicted molar refractivity (Wildman–Crippen MR) is 120 cm³/mol. The lowest BCUT2D eigenvalue weighted by atomic mass is 9.49. The van der Waals surface area contributed by atoms with Gasteiger partial charge in [0.1, 0.15) is 18.4 Å². The fourth-order valence-electron chi connectivity index (χ4n) is 5.56. The fraction of sp³-hybridized carbons (Fsp3) is 0.400. The second-order valence-corrected chi connectivity index (χ2v) is 9.59. The van der Waals surface area contributed by atoms with Crippen LogP contribution in [0, 0.1) is 5.41 Å². The van der Waals surface area contributed by atoms with Crippen LogP contribution in [-0.2, 0) is 29.9 Å². The van der Waals surface area contributed by atoms with Gasteiger partial charge in [-0.25, -0.2) is 0 Å². The van der Waals surface area contributed by atoms with Gasteiger partial charge in [-0.3, -0.25) is 4.79 Å². The first-order chi connectivity index (χ1) is 16.2. The molecule has 0 radical (unpaired) electrons. The van der Waals surface area contributed by atoms with Crippen molar-refractivity contribution in [2.45, 2.75) is 31.0 Å². The molecule has 1 aromatic heterocycles. The molecular formula is C25H25F3N4O2. The number of rotatable bonds is 6. The number of ether oxygens (including phenoxy) is 1. The van der Waals surface area contributed by atoms with Crippen LogP contribution < -0.4 is 4.90 Å². The Labute approximate surface area is 195 Å². The van der Waals surface area contributed by atoms with Gasteiger partial charge in [-0.2, -0.15) is 13.2 Å². The molecule has 3 aromatic rings. The van der Waals surface area contributed by atoms with Crippen molar-refractivity contribution in [2.75, 3.05) is 25.2 Å². The van der Waals surface area contributed by atoms with Crippen LogP contribution in [-0.4, -0.2) is 41.3 Å². The van der Waals surface area contributed by atoms with Crippen molar-refractivity contribution < 1.29 is 22.7 Å². The van der Waals surface area contributed by atoms with Gasteiger partial charge >= 0.3 is 6.18 Å². The number of hydrogen-bond donors (Lipinski definition) is 0. The molecule has 1 aliphatic carbocycles. The van der Waals surface area contributed by atoms with Gasteiger partial charge in [0.05, 0.1) is 24.2 Å². The molecule has 2 aliphatic rings. The van der Waals surface area contributed by atoms with Gasteiger partial charge in [-0.1, -0.05) is 24.3 Å². The zero-order valence-corrected chi connectivity index (χ0v) is 19.0. The van der Waals surface area contributed by atoms with Crippen LogP contribution in [0.5, 0.6) is 0 Å². The molecule has 34 heavy (non-hydrogen) atoms. The fourth-order valence-corrected chi connectivity index (χ4v) is 5.56. The summed E-state index contributed by atoms with van der Waals surface area (Å²) < 4.78 is 48.3. The Kier molecular flexibility index (Phi) is 5.27. The summed E-state index contributed by atoms with van der Waals surface area (Å²) in [5, 5.41) is 8.49. The molecule has 5 rings (SSSR count). The van der Waals surface area contributed by atoms with Gasteiger partial charge < -0.3 is 14.2 Å². The van der Waals surface area contributed by atoms with Crippen LogP contribution in [0.3, 0.4) is 0 Å². The SMILES string of the molecule is CN(Cc1c(C=O)cccc1C(F)(F)F)c1cccc(C2(c3nncn3C)CC3(COC3)C2)c1. The molecule has 2 heterocycles. The monoisotopic (exact) mass is 470 g/mol. The summed E-state index contributed by atoms with van der Waals surface area (Å²) in [4.78, 5) is 13.2. The molecule has 178 valence electrons. The highest BCUT2D eigenvalue weighted by Crippen LogP contribution is 2.61. The minimum absolute atomic E-state index is 0.0323. The number of hydrogen-bond acceptors (Lipinski definition) is 5. The van der Waals surface area contributed by atoms with Crippen LogP contribution in [0.25, 0.3) is 0 Å². The predicted octanol–water partition coefficient (Wildman–Crippen LogP) is 4.38. The van der Waals surface area contributed by atoms with Crippen LogP contribution in [0.15, 0.2) is 48.8 Å². The molecule has 2 fully saturated rings. The van der Waals surface area contributed by atoms with Crippen molar-refractivity contribution in [3.8, 4) is 0 Å². The summed E-state index contributed by atoms with van der Waals surface area (Å²) in [5.41, 5.74) is 0.849. The number of carbonyl (C=O) groups is 1. The highest BCUT2D eigenvalue weighted by molar-refractivity contribution is 5.78. The lowest BCUT2D eigenvalue weighted by Gasteiger charge is -2.59. The molecule has 1 aliphatic heterocycles. The first-order valence-electron chi connectivity index (χ1n) is 11.1. The number of alkyl halides is 3. The summed E-state index contributed by atoms with van der Waals surface area (Å²) in [6.07, 6.45) is -0.619. The van der Waals surface area contributed by atoms with E-state index in [9.17, 15) is 18.0 Å². The van der Waals surface area contributed by atoms with Gasteiger partial charge in [-0.15, -0.1) is 10.2 Å². The second-order valence-electron chi connectivity index (χ2n) is 9.59. The van der Waals surface area contributed by atoms with Crippen LogP contribution in [0.1, 0.15) is 45.7 Å². The Morgan fingerprint density at radius 3 is 2.50 bits per heavy atom. The maximum Gasteiger partial charge on any atom is 0.416 e. The highest BCUT2D eigenvalue weighted by atomic mass is 19.4. The van der Waals surface area contributed by atoms with Crippen LogP contribution >= 0.6 is 0 Å². The molecule has 6 nitrogen and oxygen atoms in total. The largest absolute Gasteiger partial charge is 0.416 e. The Morgan fingerprint density at radius 2 is 1.91 bits per heavy atom. The van der Waals surface area contributed by atoms with Crippen molar-refractivity contribution in [2.24, 2.45) is 12.5 Å². The summed E-state index contributed by atoms with van der Waals surface area (Å²) in [7, 11) is 3.65. The van der Waals surface area contributed by atoms with Gasteiger partial charge in [0.15, 0.2) is 0 Å². The average molecular weight is 470 g/mol. The minimum atomic E-state index is -4.54. The van der Waals surface area contributed by atoms with E-state index in [1.165, 1.54) is 12.1 Å². The highest BCUT2D eigenvalue weighted by Gasteiger charge is 2.61. The summed E-state index contributed by atoms with van der Waals surface area (Å²) in [6, 6.07) is 11.5. The number of aromatic nitrogens is 3. The molecule has 0 atom stereocenters. The standard InChI is InChI=1S/C25H25F3N4O2/c1-31(10-20-17(11-33)5-3-8-21(20)25(26,27)28)19-7-4-6-18(9-19)24(22-30-29-16-32(22)2)12-23(13-24)14-34-15-23/h3-9,11,16H,10,12-15H2,1-2H3. The molecule has 1 spiro atoms. The quantitative estimate of drug-likeness (QED) is 0.501. The molecule has 9 heteroatoms. The number of aryl methyl sites for hydroxylation is 1. The van der Waals surface area contributed by atoms with E-state index in [0.717, 1.165) is 49.2 Å². The van der Waals surface area contributed by atoms with Crippen molar-refractivity contribution >= 4 is 12.0 Å². The Hall–Kier alpha value is -3.20. The number of carbonyl (C=O) groups excluding carboxylic acids is 1. The van der Waals surface area contributed by atoms with Gasteiger partial charge in [0.25, 0.3) is 0 Å². The molecule has 2 aromatic carbocycles. The summed E-state index contributed by atoms with van der Waals surface area (Å²) in [6.45, 7) is 1.41. The van der Waals surface area contributed by atoms with Gasteiger partial charge in [0.2, 0.25) is 0 Å². The van der Waals surface area contributed by atoms with E-state index in [1.807, 2.05) is 35.9 Å². The third kappa shape index (κ3) is 3.58. The van der Waals surface area contributed by atoms with Crippen molar-refractivity contribution in [3.63, 3.8) is 0 Å². The molecule has 1 saturated heterocycles. The molecule has 0 bridgehead atoms. The number of aldehydes is 1. The lowest BCUT2D eigenvalue weighted by Crippen LogP contribution is -2.60. The second kappa shape index (κ2) is 7.94. The maximum atomic E-state index is 13.6. The molecular weight excluding hydrogens is 445 g/mol. The van der Waals surface area contributed by atoms with Gasteiger partial charge in [0, 0.05) is 37.3 Å². The first kappa shape index (κ1) is 22.6. The Bertz CT molecular complexity index is 1220. The topological polar surface area (TPSA) is 60.2 Å². The van der Waals surface area contributed by atoms with E-state index in [-0.39, 0.29) is 28.5 Å². The number of benzene rings is 2. The molecule has 1 saturated carbocycles. The van der Waals surface area contributed by atoms with Crippen LogP contribution in [0.4, 0.5) is 18.9 Å². The third-order valence-corrected chi connectivity index (χ3v) is 7.19. The van der Waals surface area contributed by atoms with E-state index in [4.69, 9.17) is 4.74 Å². The Morgan fingerprint density at radius 1 is 1.18 bits per heavy atom. The van der Waals surface area contributed by atoms with E-state index >= 15 is 0 Å². The molecule has 0 N–H and O–H groups in total. The normalized spacial score (nSPS) is 18.3.